The topological polar surface area (TPSA) is 93.1 Å². The number of aromatic nitrogens is 2. The van der Waals surface area contributed by atoms with Crippen LogP contribution < -0.4 is 16.2 Å². The van der Waals surface area contributed by atoms with E-state index in [4.69, 9.17) is 0 Å². The Bertz CT molecular complexity index is 1380. The van der Waals surface area contributed by atoms with Crippen molar-refractivity contribution in [2.24, 2.45) is 0 Å². The molecule has 0 radical (unpaired) electrons. The van der Waals surface area contributed by atoms with Crippen LogP contribution in [0.4, 0.5) is 11.4 Å². The van der Waals surface area contributed by atoms with E-state index in [1.165, 1.54) is 10.9 Å². The second-order valence-corrected chi connectivity index (χ2v) is 8.49. The summed E-state index contributed by atoms with van der Waals surface area (Å²) in [5, 5.41) is 6.05. The standard InChI is InChI=1S/C24H22N4O3S/c1-14-9-7-8-12-18(14)27-21(29)16(3)28-13-25-23-19(24(28)31)15(2)20(32-23)22(30)26-17-10-5-4-6-11-17/h4-13,16H,1-3H3,(H,26,30)(H,27,29). The molecule has 0 saturated carbocycles. The summed E-state index contributed by atoms with van der Waals surface area (Å²) >= 11 is 1.16. The molecule has 7 nitrogen and oxygen atoms in total. The number of hydrogen-bond donors (Lipinski definition) is 2. The van der Waals surface area contributed by atoms with E-state index in [0.717, 1.165) is 16.9 Å². The Kier molecular flexibility index (Phi) is 5.87. The maximum absolute atomic E-state index is 13.2. The Balaban J connectivity index is 1.64. The monoisotopic (exact) mass is 446 g/mol. The number of carbonyl (C=O) groups is 2. The third kappa shape index (κ3) is 4.04. The summed E-state index contributed by atoms with van der Waals surface area (Å²) in [6.07, 6.45) is 1.36. The van der Waals surface area contributed by atoms with Crippen molar-refractivity contribution < 1.29 is 9.59 Å². The highest BCUT2D eigenvalue weighted by Gasteiger charge is 2.23. The van der Waals surface area contributed by atoms with Crippen LogP contribution in [-0.2, 0) is 4.79 Å². The van der Waals surface area contributed by atoms with Crippen LogP contribution in [0.2, 0.25) is 0 Å². The van der Waals surface area contributed by atoms with Crippen LogP contribution in [0, 0.1) is 13.8 Å². The zero-order chi connectivity index (χ0) is 22.8. The van der Waals surface area contributed by atoms with Gasteiger partial charge in [0, 0.05) is 11.4 Å². The Morgan fingerprint density at radius 1 is 1.00 bits per heavy atom. The molecular weight excluding hydrogens is 424 g/mol. The molecule has 8 heteroatoms. The van der Waals surface area contributed by atoms with Crippen LogP contribution in [0.15, 0.2) is 65.7 Å². The van der Waals surface area contributed by atoms with Crippen LogP contribution in [0.3, 0.4) is 0 Å². The number of fused-ring (bicyclic) bond motifs is 1. The number of para-hydroxylation sites is 2. The van der Waals surface area contributed by atoms with Crippen LogP contribution in [0.25, 0.3) is 10.2 Å². The lowest BCUT2D eigenvalue weighted by Crippen LogP contribution is -2.32. The summed E-state index contributed by atoms with van der Waals surface area (Å²) in [7, 11) is 0. The van der Waals surface area contributed by atoms with Gasteiger partial charge in [-0.1, -0.05) is 36.4 Å². The summed E-state index contributed by atoms with van der Waals surface area (Å²) in [4.78, 5) is 44.0. The van der Waals surface area contributed by atoms with E-state index in [2.05, 4.69) is 15.6 Å². The third-order valence-electron chi connectivity index (χ3n) is 5.31. The van der Waals surface area contributed by atoms with E-state index in [1.807, 2.05) is 49.4 Å². The van der Waals surface area contributed by atoms with Crippen molar-refractivity contribution in [3.63, 3.8) is 0 Å². The van der Waals surface area contributed by atoms with Crippen molar-refractivity contribution in [2.75, 3.05) is 10.6 Å². The molecule has 0 aliphatic carbocycles. The molecule has 32 heavy (non-hydrogen) atoms. The minimum Gasteiger partial charge on any atom is -0.324 e. The number of aryl methyl sites for hydroxylation is 2. The quantitative estimate of drug-likeness (QED) is 0.471. The van der Waals surface area contributed by atoms with Gasteiger partial charge in [0.15, 0.2) is 0 Å². The maximum Gasteiger partial charge on any atom is 0.266 e. The second-order valence-electron chi connectivity index (χ2n) is 7.49. The largest absolute Gasteiger partial charge is 0.324 e. The normalized spacial score (nSPS) is 11.8. The number of hydrogen-bond acceptors (Lipinski definition) is 5. The molecular formula is C24H22N4O3S. The number of thiophene rings is 1. The number of anilines is 2. The molecule has 2 aromatic carbocycles. The van der Waals surface area contributed by atoms with Gasteiger partial charge in [-0.2, -0.15) is 0 Å². The second kappa shape index (κ2) is 8.76. The average Bonchev–Trinajstić information content (AvgIpc) is 3.13. The lowest BCUT2D eigenvalue weighted by atomic mass is 10.2. The fourth-order valence-electron chi connectivity index (χ4n) is 3.42. The first-order valence-corrected chi connectivity index (χ1v) is 10.9. The number of nitrogens with one attached hydrogen (secondary N) is 2. The van der Waals surface area contributed by atoms with Gasteiger partial charge >= 0.3 is 0 Å². The van der Waals surface area contributed by atoms with Gasteiger partial charge in [0.05, 0.1) is 16.6 Å². The first-order chi connectivity index (χ1) is 15.4. The van der Waals surface area contributed by atoms with Crippen LogP contribution in [0.1, 0.15) is 33.8 Å². The summed E-state index contributed by atoms with van der Waals surface area (Å²) in [6, 6.07) is 15.8. The van der Waals surface area contributed by atoms with E-state index in [0.29, 0.717) is 32.0 Å². The highest BCUT2D eigenvalue weighted by molar-refractivity contribution is 7.20. The smallest absolute Gasteiger partial charge is 0.266 e. The van der Waals surface area contributed by atoms with Gasteiger partial charge in [-0.05, 0) is 50.1 Å². The molecule has 4 aromatic rings. The first kappa shape index (κ1) is 21.5. The SMILES string of the molecule is Cc1ccccc1NC(=O)C(C)n1cnc2sc(C(=O)Nc3ccccc3)c(C)c2c1=O. The highest BCUT2D eigenvalue weighted by Crippen LogP contribution is 2.28. The zero-order valence-electron chi connectivity index (χ0n) is 17.9. The molecule has 1 unspecified atom stereocenters. The third-order valence-corrected chi connectivity index (χ3v) is 6.51. The van der Waals surface area contributed by atoms with Crippen molar-refractivity contribution in [3.05, 3.63) is 87.3 Å². The molecule has 2 N–H and O–H groups in total. The Labute approximate surface area is 188 Å². The minimum absolute atomic E-state index is 0.298. The van der Waals surface area contributed by atoms with Gasteiger partial charge in [0.1, 0.15) is 10.9 Å². The molecule has 4 rings (SSSR count). The molecule has 0 bridgehead atoms. The summed E-state index contributed by atoms with van der Waals surface area (Å²) in [5.74, 6) is -0.620. The molecule has 2 heterocycles. The number of carbonyl (C=O) groups excluding carboxylic acids is 2. The number of nitrogens with zero attached hydrogens (tertiary/aromatic N) is 2. The van der Waals surface area contributed by atoms with E-state index < -0.39 is 6.04 Å². The summed E-state index contributed by atoms with van der Waals surface area (Å²) in [6.45, 7) is 5.27. The van der Waals surface area contributed by atoms with Gasteiger partial charge in [-0.25, -0.2) is 4.98 Å². The van der Waals surface area contributed by atoms with Crippen LogP contribution in [-0.4, -0.2) is 21.4 Å². The van der Waals surface area contributed by atoms with Crippen LogP contribution >= 0.6 is 11.3 Å². The van der Waals surface area contributed by atoms with Gasteiger partial charge in [-0.15, -0.1) is 11.3 Å². The Hall–Kier alpha value is -3.78. The van der Waals surface area contributed by atoms with E-state index >= 15 is 0 Å². The molecule has 0 spiro atoms. The molecule has 1 atom stereocenters. The van der Waals surface area contributed by atoms with Gasteiger partial charge < -0.3 is 10.6 Å². The van der Waals surface area contributed by atoms with E-state index in [9.17, 15) is 14.4 Å². The fraction of sp³-hybridized carbons (Fsp3) is 0.167. The highest BCUT2D eigenvalue weighted by atomic mass is 32.1. The molecule has 0 aliphatic heterocycles. The summed E-state index contributed by atoms with van der Waals surface area (Å²) < 4.78 is 1.30. The van der Waals surface area contributed by atoms with E-state index in [-0.39, 0.29) is 17.4 Å². The lowest BCUT2D eigenvalue weighted by molar-refractivity contribution is -0.118. The number of amides is 2. The zero-order valence-corrected chi connectivity index (χ0v) is 18.7. The maximum atomic E-state index is 13.2. The van der Waals surface area contributed by atoms with Crippen molar-refractivity contribution in [3.8, 4) is 0 Å². The molecule has 0 aliphatic rings. The number of rotatable bonds is 5. The first-order valence-electron chi connectivity index (χ1n) is 10.1. The van der Waals surface area contributed by atoms with Gasteiger partial charge in [-0.3, -0.25) is 19.0 Å². The van der Waals surface area contributed by atoms with Crippen LogP contribution in [0.5, 0.6) is 0 Å². The van der Waals surface area contributed by atoms with Gasteiger partial charge in [0.2, 0.25) is 5.91 Å². The Morgan fingerprint density at radius 2 is 1.69 bits per heavy atom. The molecule has 0 fully saturated rings. The molecule has 2 amide bonds. The average molecular weight is 447 g/mol. The summed E-state index contributed by atoms with van der Waals surface area (Å²) in [5.41, 5.74) is 2.49. The van der Waals surface area contributed by atoms with Gasteiger partial charge in [0.25, 0.3) is 11.5 Å². The molecule has 0 saturated heterocycles. The van der Waals surface area contributed by atoms with Crippen molar-refractivity contribution in [1.82, 2.24) is 9.55 Å². The van der Waals surface area contributed by atoms with Crippen molar-refractivity contribution >= 4 is 44.7 Å². The van der Waals surface area contributed by atoms with Crippen molar-refractivity contribution in [2.45, 2.75) is 26.8 Å². The van der Waals surface area contributed by atoms with E-state index in [1.54, 1.807) is 26.0 Å². The lowest BCUT2D eigenvalue weighted by Gasteiger charge is -2.16. The Morgan fingerprint density at radius 3 is 2.41 bits per heavy atom. The predicted octanol–water partition coefficient (Wildman–Crippen LogP) is 4.53. The molecule has 162 valence electrons. The van der Waals surface area contributed by atoms with Crippen molar-refractivity contribution in [1.29, 1.82) is 0 Å². The minimum atomic E-state index is -0.778. The predicted molar refractivity (Wildman–Crippen MR) is 128 cm³/mol. The molecule has 2 aromatic heterocycles. The fourth-order valence-corrected chi connectivity index (χ4v) is 4.45. The number of benzene rings is 2.